The molecule has 2 radical (unpaired) electrons. The molecule has 2 heteroatoms. The van der Waals surface area contributed by atoms with Gasteiger partial charge in [0.2, 0.25) is 0 Å². The van der Waals surface area contributed by atoms with Gasteiger partial charge < -0.3 is 0 Å². The molecule has 2 rings (SSSR count). The third kappa shape index (κ3) is 16.7. The van der Waals surface area contributed by atoms with E-state index in [1.54, 1.807) is 0 Å². The summed E-state index contributed by atoms with van der Waals surface area (Å²) in [7, 11) is 0. The molecule has 0 atom stereocenters. The Hall–Kier alpha value is 0.648. The molecular formula is C18H30Y2-2. The molecule has 0 heterocycles. The van der Waals surface area contributed by atoms with Crippen LogP contribution in [0, 0.1) is 32.9 Å². The van der Waals surface area contributed by atoms with Gasteiger partial charge in [0.05, 0.1) is 0 Å². The molecule has 0 fully saturated rings. The summed E-state index contributed by atoms with van der Waals surface area (Å²) in [5.74, 6) is 0. The molecular weight excluding hydrogens is 394 g/mol. The van der Waals surface area contributed by atoms with Crippen molar-refractivity contribution in [2.75, 3.05) is 0 Å². The Bertz CT molecular complexity index is 386. The van der Waals surface area contributed by atoms with Gasteiger partial charge in [-0.1, -0.05) is 43.1 Å². The maximum atomic E-state index is 3.03. The first-order valence-electron chi connectivity index (χ1n) is 5.05. The van der Waals surface area contributed by atoms with Gasteiger partial charge in [-0.25, -0.2) is 0 Å². The minimum absolute atomic E-state index is 0. The van der Waals surface area contributed by atoms with E-state index in [-0.39, 0.29) is 89.1 Å². The second-order valence-corrected chi connectivity index (χ2v) is 3.67. The maximum absolute atomic E-state index is 3.03. The van der Waals surface area contributed by atoms with Crippen molar-refractivity contribution in [3.05, 3.63) is 71.3 Å². The summed E-state index contributed by atoms with van der Waals surface area (Å²) in [5.41, 5.74) is 3.83. The van der Waals surface area contributed by atoms with Crippen molar-refractivity contribution in [3.8, 4) is 0 Å². The molecule has 20 heavy (non-hydrogen) atoms. The molecule has 0 saturated carbocycles. The molecule has 0 nitrogen and oxygen atoms in total. The normalized spacial score (nSPS) is 6.75. The fourth-order valence-electron chi connectivity index (χ4n) is 1.23. The van der Waals surface area contributed by atoms with Gasteiger partial charge in [-0.3, -0.25) is 0 Å². The number of rotatable bonds is 0. The Balaban J connectivity index is -0.0000000418. The van der Waals surface area contributed by atoms with Gasteiger partial charge in [0.25, 0.3) is 0 Å². The second kappa shape index (κ2) is 19.6. The van der Waals surface area contributed by atoms with E-state index in [1.165, 1.54) is 16.7 Å². The van der Waals surface area contributed by atoms with Crippen LogP contribution in [0.5, 0.6) is 0 Å². The van der Waals surface area contributed by atoms with Crippen LogP contribution in [0.15, 0.2) is 42.5 Å². The monoisotopic (exact) mass is 424 g/mol. The van der Waals surface area contributed by atoms with Gasteiger partial charge in [-0.05, 0) is 0 Å². The molecule has 0 amide bonds. The third-order valence-electron chi connectivity index (χ3n) is 1.94. The summed E-state index contributed by atoms with van der Waals surface area (Å²) in [6.45, 7) is 6.20. The zero-order valence-electron chi connectivity index (χ0n) is 10.7. The Morgan fingerprint density at radius 2 is 1.20 bits per heavy atom. The Morgan fingerprint density at radius 1 is 0.750 bits per heavy atom. The fourth-order valence-corrected chi connectivity index (χ4v) is 1.23. The van der Waals surface area contributed by atoms with Crippen LogP contribution in [0.25, 0.3) is 0 Å². The summed E-state index contributed by atoms with van der Waals surface area (Å²) in [5, 5.41) is 0. The van der Waals surface area contributed by atoms with Crippen LogP contribution in [-0.2, 0) is 65.4 Å². The second-order valence-electron chi connectivity index (χ2n) is 3.67. The summed E-state index contributed by atoms with van der Waals surface area (Å²) in [4.78, 5) is 0. The molecule has 0 aliphatic carbocycles. The standard InChI is InChI=1S/C8H9.C7H7.3CH4.2Y.H2/c1-7-4-3-5-8(2)6-7;1-7-5-3-2-4-6-7;;;;;;/h4-6H,1-2H3;2-3,5-6H,1H3;3*1H4;;;1H/q2*-1;;;;;;. The van der Waals surface area contributed by atoms with Crippen LogP contribution in [0.4, 0.5) is 0 Å². The molecule has 0 aliphatic heterocycles. The molecule has 0 N–H and O–H groups in total. The number of aryl methyl sites for hydroxylation is 3. The van der Waals surface area contributed by atoms with Gasteiger partial charge in [0.15, 0.2) is 0 Å². The van der Waals surface area contributed by atoms with Crippen molar-refractivity contribution < 1.29 is 66.8 Å². The predicted molar refractivity (Wildman–Crippen MR) is 87.1 cm³/mol. The van der Waals surface area contributed by atoms with Crippen molar-refractivity contribution in [1.29, 1.82) is 0 Å². The van der Waals surface area contributed by atoms with Gasteiger partial charge in [0.1, 0.15) is 0 Å². The van der Waals surface area contributed by atoms with Crippen molar-refractivity contribution in [2.24, 2.45) is 0 Å². The van der Waals surface area contributed by atoms with Crippen LogP contribution < -0.4 is 0 Å². The SMILES string of the molecule is C.C.C.Cc1c[c-]cc(C)c1.Cc1c[c-]ccc1.[HH].[Y].[Y]. The average molecular weight is 424 g/mol. The molecule has 110 valence electrons. The van der Waals surface area contributed by atoms with Gasteiger partial charge in [0, 0.05) is 66.8 Å². The van der Waals surface area contributed by atoms with Gasteiger partial charge in [-0.15, -0.1) is 0 Å². The van der Waals surface area contributed by atoms with Crippen LogP contribution >= 0.6 is 0 Å². The van der Waals surface area contributed by atoms with E-state index in [4.69, 9.17) is 0 Å². The molecule has 2 aromatic carbocycles. The van der Waals surface area contributed by atoms with Crippen LogP contribution in [0.1, 0.15) is 40.4 Å². The Morgan fingerprint density at radius 3 is 1.40 bits per heavy atom. The van der Waals surface area contributed by atoms with Crippen molar-refractivity contribution in [3.63, 3.8) is 0 Å². The zero-order chi connectivity index (χ0) is 11.1. The predicted octanol–water partition coefficient (Wildman–Crippen LogP) is 6.05. The van der Waals surface area contributed by atoms with Crippen molar-refractivity contribution in [1.82, 2.24) is 0 Å². The van der Waals surface area contributed by atoms with E-state index < -0.39 is 0 Å². The largest absolute Gasteiger partial charge is 0.184 e. The molecule has 0 saturated heterocycles. The Labute approximate surface area is 179 Å². The van der Waals surface area contributed by atoms with Crippen LogP contribution in [-0.4, -0.2) is 0 Å². The van der Waals surface area contributed by atoms with E-state index >= 15 is 0 Å². The van der Waals surface area contributed by atoms with Gasteiger partial charge in [-0.2, -0.15) is 71.3 Å². The van der Waals surface area contributed by atoms with E-state index in [2.05, 4.69) is 45.0 Å². The van der Waals surface area contributed by atoms with Crippen LogP contribution in [0.2, 0.25) is 0 Å². The van der Waals surface area contributed by atoms with Crippen molar-refractivity contribution >= 4 is 0 Å². The van der Waals surface area contributed by atoms with Gasteiger partial charge >= 0.3 is 0 Å². The molecule has 0 bridgehead atoms. The summed E-state index contributed by atoms with van der Waals surface area (Å²) < 4.78 is 0. The maximum Gasteiger partial charge on any atom is 0 e. The first kappa shape index (κ1) is 32.6. The third-order valence-corrected chi connectivity index (χ3v) is 1.94. The molecule has 0 spiro atoms. The number of benzene rings is 2. The number of hydrogen-bond acceptors (Lipinski definition) is 0. The van der Waals surface area contributed by atoms with E-state index in [1.807, 2.05) is 30.3 Å². The Kier molecular flexibility index (Phi) is 32.0. The quantitative estimate of drug-likeness (QED) is 0.452. The zero-order valence-corrected chi connectivity index (χ0v) is 16.4. The molecule has 0 aliphatic rings. The van der Waals surface area contributed by atoms with E-state index in [9.17, 15) is 0 Å². The fraction of sp³-hybridized carbons (Fsp3) is 0.333. The molecule has 2 aromatic rings. The van der Waals surface area contributed by atoms with Crippen molar-refractivity contribution in [2.45, 2.75) is 43.1 Å². The average Bonchev–Trinajstić information content (AvgIpc) is 2.19. The van der Waals surface area contributed by atoms with E-state index in [0.717, 1.165) is 0 Å². The smallest absolute Gasteiger partial charge is 0 e. The first-order chi connectivity index (χ1) is 7.18. The van der Waals surface area contributed by atoms with E-state index in [0.29, 0.717) is 0 Å². The molecule has 0 aromatic heterocycles. The summed E-state index contributed by atoms with van der Waals surface area (Å²) >= 11 is 0. The topological polar surface area (TPSA) is 0 Å². The van der Waals surface area contributed by atoms with Crippen LogP contribution in [0.3, 0.4) is 0 Å². The summed E-state index contributed by atoms with van der Waals surface area (Å²) in [6, 6.07) is 20.0. The molecule has 0 unspecified atom stereocenters. The number of hydrogen-bond donors (Lipinski definition) is 0. The summed E-state index contributed by atoms with van der Waals surface area (Å²) in [6.07, 6.45) is 0. The minimum Gasteiger partial charge on any atom is -0.184 e. The minimum atomic E-state index is 0. The first-order valence-corrected chi connectivity index (χ1v) is 5.05.